The van der Waals surface area contributed by atoms with Crippen LogP contribution in [0.5, 0.6) is 5.88 Å². The summed E-state index contributed by atoms with van der Waals surface area (Å²) in [6.45, 7) is 8.88. The van der Waals surface area contributed by atoms with Crippen LogP contribution in [0.4, 0.5) is 4.79 Å². The summed E-state index contributed by atoms with van der Waals surface area (Å²) in [5, 5.41) is 4.17. The van der Waals surface area contributed by atoms with Gasteiger partial charge < -0.3 is 14.8 Å². The molecule has 0 spiro atoms. The maximum atomic E-state index is 13.7. The van der Waals surface area contributed by atoms with Crippen molar-refractivity contribution in [1.82, 2.24) is 19.9 Å². The van der Waals surface area contributed by atoms with E-state index in [0.717, 1.165) is 5.39 Å². The largest absolute Gasteiger partial charge is 0.472 e. The zero-order valence-corrected chi connectivity index (χ0v) is 24.6. The zero-order valence-electron chi connectivity index (χ0n) is 23.1. The van der Waals surface area contributed by atoms with Gasteiger partial charge >= 0.3 is 6.09 Å². The van der Waals surface area contributed by atoms with Crippen LogP contribution in [0, 0.1) is 5.92 Å². The first kappa shape index (κ1) is 29.1. The van der Waals surface area contributed by atoms with Crippen LogP contribution in [-0.2, 0) is 24.3 Å². The number of nitrogens with zero attached hydrogens (tertiary/aromatic N) is 2. The first-order valence-corrected chi connectivity index (χ1v) is 15.4. The number of carbonyl (C=O) groups is 3. The normalized spacial score (nSPS) is 25.9. The third kappa shape index (κ3) is 6.13. The summed E-state index contributed by atoms with van der Waals surface area (Å²) in [7, 11) is -3.83. The van der Waals surface area contributed by atoms with Crippen LogP contribution in [0.3, 0.4) is 0 Å². The molecule has 2 N–H and O–H groups in total. The first-order valence-electron chi connectivity index (χ1n) is 13.4. The van der Waals surface area contributed by atoms with Crippen molar-refractivity contribution < 1.29 is 32.3 Å². The molecule has 13 heteroatoms. The van der Waals surface area contributed by atoms with Crippen LogP contribution in [0.15, 0.2) is 43.1 Å². The molecule has 2 aromatic rings. The maximum absolute atomic E-state index is 13.7. The number of hydrogen-bond donors (Lipinski definition) is 2. The molecule has 5 rings (SSSR count). The second-order valence-electron chi connectivity index (χ2n) is 11.8. The molecule has 2 saturated carbocycles. The van der Waals surface area contributed by atoms with E-state index < -0.39 is 62.4 Å². The molecule has 1 aliphatic heterocycles. The van der Waals surface area contributed by atoms with E-state index in [1.54, 1.807) is 39.1 Å². The van der Waals surface area contributed by atoms with Gasteiger partial charge in [-0.15, -0.1) is 6.58 Å². The first-order chi connectivity index (χ1) is 19.2. The van der Waals surface area contributed by atoms with Gasteiger partial charge in [-0.2, -0.15) is 0 Å². The molecule has 41 heavy (non-hydrogen) atoms. The van der Waals surface area contributed by atoms with Crippen LogP contribution in [0.2, 0.25) is 5.02 Å². The highest BCUT2D eigenvalue weighted by molar-refractivity contribution is 7.91. The molecule has 220 valence electrons. The summed E-state index contributed by atoms with van der Waals surface area (Å²) in [5.74, 6) is -1.60. The number of benzene rings is 1. The summed E-state index contributed by atoms with van der Waals surface area (Å²) in [6, 6.07) is 6.08. The molecule has 0 radical (unpaired) electrons. The predicted molar refractivity (Wildman–Crippen MR) is 152 cm³/mol. The lowest BCUT2D eigenvalue weighted by molar-refractivity contribution is -0.131. The van der Waals surface area contributed by atoms with E-state index in [9.17, 15) is 22.8 Å². The van der Waals surface area contributed by atoms with Crippen molar-refractivity contribution in [2.24, 2.45) is 5.92 Å². The second-order valence-corrected chi connectivity index (χ2v) is 14.2. The number of amides is 3. The standard InChI is InChI=1S/C28H33ClN4O7S/c1-5-17-14-28(17,25(35)32-41(37,38)20-8-9-20)31-23(34)22-13-19(15-33(22)26(36)40-27(2,3)4)39-24-21-12-18(29)7-6-16(21)10-11-30-24/h5-7,10-12,17,19-20,22H,1,8-9,13-15H2,2-4H3,(H,31,34)(H,32,35)/t17-,19-,22+,28-/m1/s1. The Kier molecular flexibility index (Phi) is 7.44. The molecule has 1 aromatic heterocycles. The van der Waals surface area contributed by atoms with E-state index in [2.05, 4.69) is 21.6 Å². The lowest BCUT2D eigenvalue weighted by atomic mass is 10.1. The van der Waals surface area contributed by atoms with Crippen molar-refractivity contribution in [1.29, 1.82) is 0 Å². The fourth-order valence-electron chi connectivity index (χ4n) is 5.04. The third-order valence-corrected chi connectivity index (χ3v) is 9.47. The summed E-state index contributed by atoms with van der Waals surface area (Å²) in [5.41, 5.74) is -2.30. The van der Waals surface area contributed by atoms with Crippen LogP contribution in [-0.4, -0.2) is 71.3 Å². The summed E-state index contributed by atoms with van der Waals surface area (Å²) >= 11 is 6.19. The second kappa shape index (κ2) is 10.5. The average molecular weight is 605 g/mol. The summed E-state index contributed by atoms with van der Waals surface area (Å²) < 4.78 is 38.8. The van der Waals surface area contributed by atoms with Gasteiger partial charge in [0.15, 0.2) is 0 Å². The molecule has 3 amide bonds. The summed E-state index contributed by atoms with van der Waals surface area (Å²) in [4.78, 5) is 45.7. The molecule has 0 bridgehead atoms. The van der Waals surface area contributed by atoms with Gasteiger partial charge in [0, 0.05) is 28.9 Å². The Balaban J connectivity index is 1.38. The minimum Gasteiger partial charge on any atom is -0.472 e. The number of halogens is 1. The number of sulfonamides is 1. The Bertz CT molecular complexity index is 1520. The highest BCUT2D eigenvalue weighted by atomic mass is 35.5. The number of hydrogen-bond acceptors (Lipinski definition) is 8. The number of fused-ring (bicyclic) bond motifs is 1. The third-order valence-electron chi connectivity index (χ3n) is 7.41. The molecule has 4 atom stereocenters. The van der Waals surface area contributed by atoms with Gasteiger partial charge in [0.1, 0.15) is 23.3 Å². The van der Waals surface area contributed by atoms with Crippen molar-refractivity contribution in [3.8, 4) is 5.88 Å². The topological polar surface area (TPSA) is 144 Å². The molecule has 11 nitrogen and oxygen atoms in total. The fourth-order valence-corrected chi connectivity index (χ4v) is 6.57. The number of carbonyl (C=O) groups excluding carboxylic acids is 3. The SMILES string of the molecule is C=C[C@@H]1C[C@]1(NC(=O)[C@@H]1C[C@@H](Oc2nccc3ccc(Cl)cc23)CN1C(=O)OC(C)(C)C)C(=O)NS(=O)(=O)C1CC1. The van der Waals surface area contributed by atoms with Gasteiger partial charge in [-0.1, -0.05) is 23.7 Å². The molecule has 2 heterocycles. The predicted octanol–water partition coefficient (Wildman–Crippen LogP) is 3.31. The van der Waals surface area contributed by atoms with Gasteiger partial charge in [0.05, 0.1) is 11.8 Å². The van der Waals surface area contributed by atoms with E-state index in [1.165, 1.54) is 11.0 Å². The van der Waals surface area contributed by atoms with Gasteiger partial charge in [-0.25, -0.2) is 18.2 Å². The molecular weight excluding hydrogens is 572 g/mol. The van der Waals surface area contributed by atoms with Crippen molar-refractivity contribution in [2.45, 2.75) is 75.0 Å². The lowest BCUT2D eigenvalue weighted by Gasteiger charge is -2.29. The number of ether oxygens (including phenoxy) is 2. The number of likely N-dealkylation sites (tertiary alicyclic amines) is 1. The summed E-state index contributed by atoms with van der Waals surface area (Å²) in [6.07, 6.45) is 2.99. The van der Waals surface area contributed by atoms with Crippen molar-refractivity contribution in [2.75, 3.05) is 6.54 Å². The molecule has 3 aliphatic rings. The average Bonchev–Trinajstić information content (AvgIpc) is 3.80. The van der Waals surface area contributed by atoms with Gasteiger partial charge in [-0.05, 0) is 63.6 Å². The zero-order chi connectivity index (χ0) is 29.7. The van der Waals surface area contributed by atoms with Gasteiger partial charge in [0.25, 0.3) is 5.91 Å². The number of aromatic nitrogens is 1. The number of pyridine rings is 1. The number of nitrogens with one attached hydrogen (secondary N) is 2. The highest BCUT2D eigenvalue weighted by Gasteiger charge is 2.62. The van der Waals surface area contributed by atoms with Crippen molar-refractivity contribution in [3.63, 3.8) is 0 Å². The minimum atomic E-state index is -3.83. The Morgan fingerprint density at radius 1 is 1.22 bits per heavy atom. The van der Waals surface area contributed by atoms with Gasteiger partial charge in [0.2, 0.25) is 21.8 Å². The smallest absolute Gasteiger partial charge is 0.411 e. The van der Waals surface area contributed by atoms with E-state index in [0.29, 0.717) is 29.1 Å². The minimum absolute atomic E-state index is 0.0196. The van der Waals surface area contributed by atoms with E-state index in [1.807, 2.05) is 12.1 Å². The molecule has 3 fully saturated rings. The molecule has 0 unspecified atom stereocenters. The molecule has 2 aliphatic carbocycles. The Morgan fingerprint density at radius 2 is 1.95 bits per heavy atom. The van der Waals surface area contributed by atoms with E-state index in [4.69, 9.17) is 21.1 Å². The quantitative estimate of drug-likeness (QED) is 0.437. The molecule has 1 saturated heterocycles. The highest BCUT2D eigenvalue weighted by Crippen LogP contribution is 2.45. The Labute approximate surface area is 243 Å². The number of rotatable bonds is 8. The molecular formula is C28H33ClN4O7S. The maximum Gasteiger partial charge on any atom is 0.411 e. The Morgan fingerprint density at radius 3 is 2.59 bits per heavy atom. The van der Waals surface area contributed by atoms with E-state index in [-0.39, 0.29) is 19.4 Å². The monoisotopic (exact) mass is 604 g/mol. The lowest BCUT2D eigenvalue weighted by Crippen LogP contribution is -2.56. The van der Waals surface area contributed by atoms with Gasteiger partial charge in [-0.3, -0.25) is 19.2 Å². The van der Waals surface area contributed by atoms with E-state index >= 15 is 0 Å². The van der Waals surface area contributed by atoms with Crippen LogP contribution in [0.1, 0.15) is 46.5 Å². The fraction of sp³-hybridized carbons (Fsp3) is 0.500. The van der Waals surface area contributed by atoms with Crippen molar-refractivity contribution >= 4 is 50.3 Å². The van der Waals surface area contributed by atoms with Crippen LogP contribution < -0.4 is 14.8 Å². The van der Waals surface area contributed by atoms with Crippen molar-refractivity contribution in [3.05, 3.63) is 48.1 Å². The molecule has 1 aromatic carbocycles. The Hall–Kier alpha value is -3.38. The van der Waals surface area contributed by atoms with Crippen LogP contribution >= 0.6 is 11.6 Å². The van der Waals surface area contributed by atoms with Crippen LogP contribution in [0.25, 0.3) is 10.8 Å².